The fraction of sp³-hybridized carbons (Fsp3) is 0.357. The minimum atomic E-state index is -0.582. The Balaban J connectivity index is 2.31. The van der Waals surface area contributed by atoms with Crippen LogP contribution < -0.4 is 5.43 Å². The van der Waals surface area contributed by atoms with Crippen LogP contribution in [0.1, 0.15) is 30.6 Å². The van der Waals surface area contributed by atoms with Gasteiger partial charge in [0.15, 0.2) is 0 Å². The molecule has 118 valence electrons. The molecule has 1 aliphatic rings. The van der Waals surface area contributed by atoms with Crippen LogP contribution in [0.25, 0.3) is 0 Å². The topological polar surface area (TPSA) is 75.5 Å². The molecular weight excluding hydrogens is 326 g/mol. The van der Waals surface area contributed by atoms with E-state index in [9.17, 15) is 14.9 Å². The Bertz CT molecular complexity index is 648. The maximum absolute atomic E-state index is 12.7. The number of hydrogen-bond donors (Lipinski definition) is 1. The van der Waals surface area contributed by atoms with Crippen molar-refractivity contribution in [1.82, 2.24) is 9.84 Å². The van der Waals surface area contributed by atoms with Gasteiger partial charge in [-0.1, -0.05) is 25.4 Å². The Kier molecular flexibility index (Phi) is 5.57. The lowest BCUT2D eigenvalue weighted by atomic mass is 10.1. The first-order valence-electron chi connectivity index (χ1n) is 6.87. The van der Waals surface area contributed by atoms with Crippen molar-refractivity contribution in [3.05, 3.63) is 49.4 Å². The zero-order valence-corrected chi connectivity index (χ0v) is 13.8. The van der Waals surface area contributed by atoms with Gasteiger partial charge < -0.3 is 0 Å². The highest BCUT2D eigenvalue weighted by Crippen LogP contribution is 2.36. The van der Waals surface area contributed by atoms with Crippen LogP contribution in [0, 0.1) is 10.1 Å². The highest BCUT2D eigenvalue weighted by atomic mass is 35.5. The Morgan fingerprint density at radius 1 is 1.50 bits per heavy atom. The third-order valence-corrected chi connectivity index (χ3v) is 4.68. The molecule has 1 aliphatic heterocycles. The average molecular weight is 342 g/mol. The third kappa shape index (κ3) is 3.49. The van der Waals surface area contributed by atoms with Crippen molar-refractivity contribution >= 4 is 35.0 Å². The van der Waals surface area contributed by atoms with Crippen molar-refractivity contribution in [2.75, 3.05) is 13.1 Å². The van der Waals surface area contributed by atoms with Crippen molar-refractivity contribution < 1.29 is 9.72 Å². The summed E-state index contributed by atoms with van der Waals surface area (Å²) in [5, 5.41) is 11.0. The van der Waals surface area contributed by atoms with Crippen LogP contribution in [0.15, 0.2) is 28.7 Å². The number of benzene rings is 1. The SMILES string of the molecule is CCNN1CC(CC)=C(C(=O)c2ccc(Cl)c([N+](=O)[O-])c2)S1. The monoisotopic (exact) mass is 341 g/mol. The van der Waals surface area contributed by atoms with Crippen molar-refractivity contribution in [2.24, 2.45) is 0 Å². The van der Waals surface area contributed by atoms with Crippen molar-refractivity contribution in [2.45, 2.75) is 20.3 Å². The number of hydrogen-bond acceptors (Lipinski definition) is 6. The van der Waals surface area contributed by atoms with Crippen LogP contribution in [0.2, 0.25) is 5.02 Å². The van der Waals surface area contributed by atoms with E-state index in [1.807, 2.05) is 18.3 Å². The lowest BCUT2D eigenvalue weighted by Gasteiger charge is -2.14. The quantitative estimate of drug-likeness (QED) is 0.369. The highest BCUT2D eigenvalue weighted by molar-refractivity contribution is 8.02. The summed E-state index contributed by atoms with van der Waals surface area (Å²) in [7, 11) is 0. The summed E-state index contributed by atoms with van der Waals surface area (Å²) in [6.45, 7) is 5.39. The average Bonchev–Trinajstić information content (AvgIpc) is 2.90. The molecule has 22 heavy (non-hydrogen) atoms. The molecule has 0 fully saturated rings. The molecule has 0 bridgehead atoms. The van der Waals surface area contributed by atoms with Crippen LogP contribution in [0.4, 0.5) is 5.69 Å². The summed E-state index contributed by atoms with van der Waals surface area (Å²) < 4.78 is 1.90. The molecule has 1 aromatic carbocycles. The molecule has 0 spiro atoms. The second-order valence-corrected chi connectivity index (χ2v) is 6.12. The van der Waals surface area contributed by atoms with Gasteiger partial charge in [0, 0.05) is 24.7 Å². The smallest absolute Gasteiger partial charge is 0.288 e. The number of nitrogens with one attached hydrogen (secondary N) is 1. The number of hydrazine groups is 1. The molecule has 0 saturated heterocycles. The summed E-state index contributed by atoms with van der Waals surface area (Å²) >= 11 is 7.13. The fourth-order valence-corrected chi connectivity index (χ4v) is 3.48. The Morgan fingerprint density at radius 3 is 2.82 bits per heavy atom. The standard InChI is InChI=1S/C14H16ClN3O3S/c1-3-9-8-17(16-4-2)22-14(9)13(19)10-5-6-11(15)12(7-10)18(20)21/h5-7,16H,3-4,8H2,1-2H3. The van der Waals surface area contributed by atoms with Gasteiger partial charge in [-0.15, -0.1) is 0 Å². The molecule has 0 aliphatic carbocycles. The van der Waals surface area contributed by atoms with Crippen molar-refractivity contribution in [3.63, 3.8) is 0 Å². The molecule has 0 radical (unpaired) electrons. The van der Waals surface area contributed by atoms with E-state index in [1.54, 1.807) is 0 Å². The lowest BCUT2D eigenvalue weighted by molar-refractivity contribution is -0.384. The zero-order valence-electron chi connectivity index (χ0n) is 12.3. The van der Waals surface area contributed by atoms with Gasteiger partial charge in [0.05, 0.1) is 9.83 Å². The molecule has 1 aromatic rings. The van der Waals surface area contributed by atoms with Gasteiger partial charge >= 0.3 is 0 Å². The number of nitrogens with zero attached hydrogens (tertiary/aromatic N) is 2. The third-order valence-electron chi connectivity index (χ3n) is 3.23. The first-order valence-corrected chi connectivity index (χ1v) is 8.02. The second-order valence-electron chi connectivity index (χ2n) is 4.68. The molecule has 1 heterocycles. The molecule has 0 atom stereocenters. The van der Waals surface area contributed by atoms with E-state index in [0.717, 1.165) is 18.5 Å². The van der Waals surface area contributed by atoms with Crippen molar-refractivity contribution in [1.29, 1.82) is 0 Å². The number of nitro benzene ring substituents is 1. The van der Waals surface area contributed by atoms with Crippen LogP contribution in [-0.4, -0.2) is 28.2 Å². The molecule has 0 aromatic heterocycles. The number of carbonyl (C=O) groups is 1. The van der Waals surface area contributed by atoms with Gasteiger partial charge in [0.1, 0.15) is 5.02 Å². The largest absolute Gasteiger partial charge is 0.288 e. The summed E-state index contributed by atoms with van der Waals surface area (Å²) in [6.07, 6.45) is 0.756. The van der Waals surface area contributed by atoms with Crippen molar-refractivity contribution in [3.8, 4) is 0 Å². The van der Waals surface area contributed by atoms with Gasteiger partial charge in [-0.2, -0.15) is 4.41 Å². The molecule has 8 heteroatoms. The van der Waals surface area contributed by atoms with Gasteiger partial charge in [-0.3, -0.25) is 14.9 Å². The molecule has 2 rings (SSSR count). The molecule has 0 unspecified atom stereocenters. The van der Waals surface area contributed by atoms with Crippen LogP contribution in [0.3, 0.4) is 0 Å². The number of nitro groups is 1. The number of carbonyl (C=O) groups excluding carboxylic acids is 1. The zero-order chi connectivity index (χ0) is 16.3. The maximum Gasteiger partial charge on any atom is 0.288 e. The van der Waals surface area contributed by atoms with Gasteiger partial charge in [0.25, 0.3) is 5.69 Å². The predicted molar refractivity (Wildman–Crippen MR) is 87.7 cm³/mol. The molecule has 1 N–H and O–H groups in total. The molecule has 0 amide bonds. The number of rotatable bonds is 6. The Labute approximate surface area is 137 Å². The Morgan fingerprint density at radius 2 is 2.23 bits per heavy atom. The first-order chi connectivity index (χ1) is 10.5. The first kappa shape index (κ1) is 17.0. The van der Waals surface area contributed by atoms with E-state index in [0.29, 0.717) is 11.4 Å². The highest BCUT2D eigenvalue weighted by Gasteiger charge is 2.28. The van der Waals surface area contributed by atoms with Crippen LogP contribution in [0.5, 0.6) is 0 Å². The lowest BCUT2D eigenvalue weighted by Crippen LogP contribution is -2.30. The summed E-state index contributed by atoms with van der Waals surface area (Å²) in [5.41, 5.74) is 4.21. The van der Waals surface area contributed by atoms with Gasteiger partial charge in [-0.25, -0.2) is 5.43 Å². The summed E-state index contributed by atoms with van der Waals surface area (Å²) in [4.78, 5) is 23.6. The van der Waals surface area contributed by atoms with Crippen LogP contribution in [-0.2, 0) is 0 Å². The van der Waals surface area contributed by atoms with E-state index in [4.69, 9.17) is 11.6 Å². The van der Waals surface area contributed by atoms with E-state index < -0.39 is 4.92 Å². The fourth-order valence-electron chi connectivity index (χ4n) is 2.12. The second kappa shape index (κ2) is 7.23. The predicted octanol–water partition coefficient (Wildman–Crippen LogP) is 3.58. The van der Waals surface area contributed by atoms with Gasteiger partial charge in [-0.05, 0) is 36.1 Å². The Hall–Kier alpha value is -1.41. The molecule has 0 saturated carbocycles. The van der Waals surface area contributed by atoms with E-state index in [2.05, 4.69) is 5.43 Å². The minimum absolute atomic E-state index is 0.0274. The minimum Gasteiger partial charge on any atom is -0.288 e. The number of halogens is 1. The number of allylic oxidation sites excluding steroid dienone is 1. The summed E-state index contributed by atoms with van der Waals surface area (Å²) in [6, 6.07) is 4.15. The number of Topliss-reactive ketones (excluding diaryl/α,β-unsaturated/α-hetero) is 1. The van der Waals surface area contributed by atoms with Crippen LogP contribution >= 0.6 is 23.5 Å². The molecule has 6 nitrogen and oxygen atoms in total. The number of ketones is 1. The normalized spacial score (nSPS) is 15.4. The molecular formula is C14H16ClN3O3S. The van der Waals surface area contributed by atoms with E-state index in [-0.39, 0.29) is 22.1 Å². The van der Waals surface area contributed by atoms with E-state index >= 15 is 0 Å². The maximum atomic E-state index is 12.7. The van der Waals surface area contributed by atoms with Gasteiger partial charge in [0.2, 0.25) is 5.78 Å². The summed E-state index contributed by atoms with van der Waals surface area (Å²) in [5.74, 6) is -0.206. The van der Waals surface area contributed by atoms with E-state index in [1.165, 1.54) is 30.1 Å².